The number of hydrogen-bond donors (Lipinski definition) is 1. The van der Waals surface area contributed by atoms with Crippen molar-refractivity contribution in [1.82, 2.24) is 20.1 Å². The second-order valence-electron chi connectivity index (χ2n) is 5.30. The molecule has 0 spiro atoms. The van der Waals surface area contributed by atoms with Crippen LogP contribution in [0.2, 0.25) is 0 Å². The molecule has 4 nitrogen and oxygen atoms in total. The Balaban J connectivity index is 1.40. The molecule has 2 aliphatic heterocycles. The van der Waals surface area contributed by atoms with Gasteiger partial charge in [0.25, 0.3) is 0 Å². The molecule has 3 rings (SSSR count). The predicted octanol–water partition coefficient (Wildman–Crippen LogP) is 0.214. The second kappa shape index (κ2) is 5.78. The predicted molar refractivity (Wildman–Crippen MR) is 72.6 cm³/mol. The molecule has 3 heterocycles. The van der Waals surface area contributed by atoms with Gasteiger partial charge in [-0.1, -0.05) is 0 Å². The molecule has 0 unspecified atom stereocenters. The van der Waals surface area contributed by atoms with Gasteiger partial charge in [0.15, 0.2) is 0 Å². The quantitative estimate of drug-likeness (QED) is 0.823. The van der Waals surface area contributed by atoms with E-state index in [-0.39, 0.29) is 0 Å². The van der Waals surface area contributed by atoms with E-state index in [0.29, 0.717) is 0 Å². The highest BCUT2D eigenvalue weighted by molar-refractivity contribution is 5.09. The average molecular weight is 246 g/mol. The summed E-state index contributed by atoms with van der Waals surface area (Å²) in [5.41, 5.74) is 1.40. The standard InChI is InChI=1S/C14H22N4/c1-4-15-5-2-13(1)3-6-17-7-9-18(10-8-17)14-11-16-12-14/h1-2,4-5,14,16H,3,6-12H2. The SMILES string of the molecule is c1cc(CCN2CCN(C3CNC3)CC2)ccn1. The Labute approximate surface area is 109 Å². The molecule has 2 saturated heterocycles. The van der Waals surface area contributed by atoms with Crippen LogP contribution in [0.4, 0.5) is 0 Å². The van der Waals surface area contributed by atoms with Crippen molar-refractivity contribution in [1.29, 1.82) is 0 Å². The van der Waals surface area contributed by atoms with Gasteiger partial charge in [-0.3, -0.25) is 9.88 Å². The van der Waals surface area contributed by atoms with E-state index in [9.17, 15) is 0 Å². The molecule has 0 atom stereocenters. The van der Waals surface area contributed by atoms with Crippen LogP contribution in [0.3, 0.4) is 0 Å². The Bertz CT molecular complexity index is 355. The van der Waals surface area contributed by atoms with E-state index in [2.05, 4.69) is 32.2 Å². The van der Waals surface area contributed by atoms with Gasteiger partial charge in [0.05, 0.1) is 0 Å². The molecule has 0 saturated carbocycles. The highest BCUT2D eigenvalue weighted by atomic mass is 15.3. The summed E-state index contributed by atoms with van der Waals surface area (Å²) in [5, 5.41) is 3.36. The number of hydrogen-bond acceptors (Lipinski definition) is 4. The second-order valence-corrected chi connectivity index (χ2v) is 5.30. The van der Waals surface area contributed by atoms with E-state index >= 15 is 0 Å². The number of piperazine rings is 1. The van der Waals surface area contributed by atoms with E-state index in [1.807, 2.05) is 12.4 Å². The third kappa shape index (κ3) is 2.88. The van der Waals surface area contributed by atoms with Gasteiger partial charge in [-0.2, -0.15) is 0 Å². The maximum Gasteiger partial charge on any atom is 0.0346 e. The highest BCUT2D eigenvalue weighted by Gasteiger charge is 2.27. The van der Waals surface area contributed by atoms with Crippen LogP contribution in [0.15, 0.2) is 24.5 Å². The van der Waals surface area contributed by atoms with Crippen LogP contribution in [-0.4, -0.2) is 66.6 Å². The Hall–Kier alpha value is -0.970. The van der Waals surface area contributed by atoms with Crippen LogP contribution in [0.25, 0.3) is 0 Å². The first kappa shape index (κ1) is 12.1. The van der Waals surface area contributed by atoms with Crippen molar-refractivity contribution in [3.63, 3.8) is 0 Å². The summed E-state index contributed by atoms with van der Waals surface area (Å²) in [6, 6.07) is 5.05. The fourth-order valence-corrected chi connectivity index (χ4v) is 2.72. The third-order valence-corrected chi connectivity index (χ3v) is 4.15. The molecule has 1 aromatic rings. The molecule has 0 amide bonds. The summed E-state index contributed by atoms with van der Waals surface area (Å²) in [6.07, 6.45) is 4.92. The minimum Gasteiger partial charge on any atom is -0.314 e. The van der Waals surface area contributed by atoms with Gasteiger partial charge in [-0.15, -0.1) is 0 Å². The van der Waals surface area contributed by atoms with E-state index in [0.717, 1.165) is 12.5 Å². The lowest BCUT2D eigenvalue weighted by Crippen LogP contribution is -2.61. The smallest absolute Gasteiger partial charge is 0.0346 e. The van der Waals surface area contributed by atoms with Crippen molar-refractivity contribution in [3.05, 3.63) is 30.1 Å². The van der Waals surface area contributed by atoms with Crippen LogP contribution >= 0.6 is 0 Å². The topological polar surface area (TPSA) is 31.4 Å². The number of rotatable bonds is 4. The number of nitrogens with one attached hydrogen (secondary N) is 1. The molecule has 0 radical (unpaired) electrons. The first-order valence-corrected chi connectivity index (χ1v) is 6.98. The maximum absolute atomic E-state index is 4.06. The van der Waals surface area contributed by atoms with Crippen LogP contribution in [-0.2, 0) is 6.42 Å². The van der Waals surface area contributed by atoms with Gasteiger partial charge in [-0.05, 0) is 24.1 Å². The van der Waals surface area contributed by atoms with Gasteiger partial charge in [0.1, 0.15) is 0 Å². The van der Waals surface area contributed by atoms with Crippen molar-refractivity contribution in [2.24, 2.45) is 0 Å². The zero-order valence-electron chi connectivity index (χ0n) is 10.9. The average Bonchev–Trinajstić information content (AvgIpc) is 2.37. The fraction of sp³-hybridized carbons (Fsp3) is 0.643. The lowest BCUT2D eigenvalue weighted by atomic mass is 10.1. The van der Waals surface area contributed by atoms with E-state index in [4.69, 9.17) is 0 Å². The molecule has 98 valence electrons. The summed E-state index contributed by atoms with van der Waals surface area (Å²) in [4.78, 5) is 9.28. The Morgan fingerprint density at radius 1 is 1.11 bits per heavy atom. The summed E-state index contributed by atoms with van der Waals surface area (Å²) >= 11 is 0. The molecule has 18 heavy (non-hydrogen) atoms. The molecule has 0 aromatic carbocycles. The molecule has 1 aromatic heterocycles. The third-order valence-electron chi connectivity index (χ3n) is 4.15. The molecule has 4 heteroatoms. The van der Waals surface area contributed by atoms with Crippen LogP contribution in [0, 0.1) is 0 Å². The zero-order chi connectivity index (χ0) is 12.2. The number of pyridine rings is 1. The summed E-state index contributed by atoms with van der Waals surface area (Å²) in [7, 11) is 0. The van der Waals surface area contributed by atoms with Crippen molar-refractivity contribution in [2.75, 3.05) is 45.8 Å². The van der Waals surface area contributed by atoms with Crippen molar-refractivity contribution in [2.45, 2.75) is 12.5 Å². The van der Waals surface area contributed by atoms with Gasteiger partial charge in [0, 0.05) is 64.2 Å². The number of aromatic nitrogens is 1. The van der Waals surface area contributed by atoms with Gasteiger partial charge < -0.3 is 10.2 Å². The lowest BCUT2D eigenvalue weighted by Gasteiger charge is -2.43. The lowest BCUT2D eigenvalue weighted by molar-refractivity contribution is 0.0734. The Morgan fingerprint density at radius 2 is 1.83 bits per heavy atom. The molecule has 2 fully saturated rings. The van der Waals surface area contributed by atoms with E-state index in [1.165, 1.54) is 51.4 Å². The van der Waals surface area contributed by atoms with E-state index < -0.39 is 0 Å². The minimum absolute atomic E-state index is 0.812. The highest BCUT2D eigenvalue weighted by Crippen LogP contribution is 2.10. The first-order valence-electron chi connectivity index (χ1n) is 6.98. The van der Waals surface area contributed by atoms with Gasteiger partial charge >= 0.3 is 0 Å². The van der Waals surface area contributed by atoms with Crippen molar-refractivity contribution < 1.29 is 0 Å². The molecule has 2 aliphatic rings. The maximum atomic E-state index is 4.06. The van der Waals surface area contributed by atoms with Crippen LogP contribution < -0.4 is 5.32 Å². The summed E-state index contributed by atoms with van der Waals surface area (Å²) in [5.74, 6) is 0. The zero-order valence-corrected chi connectivity index (χ0v) is 10.9. The molecule has 0 aliphatic carbocycles. The molecule has 1 N–H and O–H groups in total. The van der Waals surface area contributed by atoms with Crippen molar-refractivity contribution >= 4 is 0 Å². The molecular weight excluding hydrogens is 224 g/mol. The number of nitrogens with zero attached hydrogens (tertiary/aromatic N) is 3. The first-order chi connectivity index (χ1) is 8.92. The minimum atomic E-state index is 0.812. The van der Waals surface area contributed by atoms with Crippen molar-refractivity contribution in [3.8, 4) is 0 Å². The summed E-state index contributed by atoms with van der Waals surface area (Å²) in [6.45, 7) is 8.49. The van der Waals surface area contributed by atoms with Crippen LogP contribution in [0.1, 0.15) is 5.56 Å². The largest absolute Gasteiger partial charge is 0.314 e. The van der Waals surface area contributed by atoms with Crippen LogP contribution in [0.5, 0.6) is 0 Å². The van der Waals surface area contributed by atoms with E-state index in [1.54, 1.807) is 0 Å². The Morgan fingerprint density at radius 3 is 2.44 bits per heavy atom. The summed E-state index contributed by atoms with van der Waals surface area (Å²) < 4.78 is 0. The Kier molecular flexibility index (Phi) is 3.88. The fourth-order valence-electron chi connectivity index (χ4n) is 2.72. The normalized spacial score (nSPS) is 22.9. The molecule has 0 bridgehead atoms. The monoisotopic (exact) mass is 246 g/mol. The molecular formula is C14H22N4. The van der Waals surface area contributed by atoms with Gasteiger partial charge in [-0.25, -0.2) is 0 Å². The van der Waals surface area contributed by atoms with Gasteiger partial charge in [0.2, 0.25) is 0 Å².